The van der Waals surface area contributed by atoms with Crippen LogP contribution >= 0.6 is 0 Å². The van der Waals surface area contributed by atoms with E-state index in [0.717, 1.165) is 35.6 Å². The van der Waals surface area contributed by atoms with E-state index in [-0.39, 0.29) is 5.97 Å². The predicted molar refractivity (Wildman–Crippen MR) is 94.2 cm³/mol. The summed E-state index contributed by atoms with van der Waals surface area (Å²) in [4.78, 5) is 25.3. The van der Waals surface area contributed by atoms with Gasteiger partial charge in [-0.3, -0.25) is 14.4 Å². The van der Waals surface area contributed by atoms with Crippen LogP contribution < -0.4 is 4.90 Å². The van der Waals surface area contributed by atoms with E-state index in [1.165, 1.54) is 0 Å². The number of esters is 1. The molecule has 25 heavy (non-hydrogen) atoms. The van der Waals surface area contributed by atoms with Gasteiger partial charge in [0.25, 0.3) is 0 Å². The molecular weight excluding hydrogens is 320 g/mol. The van der Waals surface area contributed by atoms with Crippen LogP contribution in [0.15, 0.2) is 12.4 Å². The van der Waals surface area contributed by atoms with E-state index in [1.54, 1.807) is 10.9 Å². The lowest BCUT2D eigenvalue weighted by Gasteiger charge is -2.30. The summed E-state index contributed by atoms with van der Waals surface area (Å²) >= 11 is 0. The molecule has 0 bridgehead atoms. The molecule has 0 radical (unpaired) electrons. The highest BCUT2D eigenvalue weighted by Gasteiger charge is 2.25. The van der Waals surface area contributed by atoms with Gasteiger partial charge in [0.05, 0.1) is 30.6 Å². The van der Waals surface area contributed by atoms with Crippen molar-refractivity contribution in [2.45, 2.75) is 19.9 Å². The molecule has 0 N–H and O–H groups in total. The molecule has 0 aromatic carbocycles. The van der Waals surface area contributed by atoms with Crippen LogP contribution in [0.1, 0.15) is 18.2 Å². The van der Waals surface area contributed by atoms with Crippen molar-refractivity contribution in [3.05, 3.63) is 23.7 Å². The highest BCUT2D eigenvalue weighted by Crippen LogP contribution is 2.28. The largest absolute Gasteiger partial charge is 0.465 e. The van der Waals surface area contributed by atoms with Crippen LogP contribution in [0.3, 0.4) is 0 Å². The molecule has 8 heteroatoms. The van der Waals surface area contributed by atoms with Gasteiger partial charge in [-0.2, -0.15) is 5.10 Å². The van der Waals surface area contributed by atoms with Crippen LogP contribution in [0.2, 0.25) is 0 Å². The molecule has 3 rings (SSSR count). The van der Waals surface area contributed by atoms with Crippen molar-refractivity contribution >= 4 is 11.8 Å². The van der Waals surface area contributed by atoms with Crippen LogP contribution in [0, 0.1) is 0 Å². The van der Waals surface area contributed by atoms with Gasteiger partial charge in [-0.05, 0) is 6.92 Å². The zero-order valence-electron chi connectivity index (χ0n) is 15.2. The lowest BCUT2D eigenvalue weighted by molar-refractivity contribution is -0.144. The van der Waals surface area contributed by atoms with E-state index >= 15 is 0 Å². The number of carbonyl (C=O) groups is 1. The normalized spacial score (nSPS) is 14.2. The summed E-state index contributed by atoms with van der Waals surface area (Å²) in [6.45, 7) is 3.95. The number of ether oxygens (including phenoxy) is 1. The van der Waals surface area contributed by atoms with E-state index in [4.69, 9.17) is 14.7 Å². The summed E-state index contributed by atoms with van der Waals surface area (Å²) in [5.74, 6) is 1.39. The van der Waals surface area contributed by atoms with Crippen molar-refractivity contribution in [2.75, 3.05) is 38.7 Å². The minimum Gasteiger partial charge on any atom is -0.465 e. The Hall–Kier alpha value is -2.48. The maximum absolute atomic E-state index is 11.8. The maximum atomic E-state index is 11.8. The molecule has 0 saturated carbocycles. The number of nitrogens with zero attached hydrogens (tertiary/aromatic N) is 6. The summed E-state index contributed by atoms with van der Waals surface area (Å²) in [7, 11) is 5.82. The molecule has 0 unspecified atom stereocenters. The number of aromatic nitrogens is 4. The van der Waals surface area contributed by atoms with E-state index in [0.29, 0.717) is 25.5 Å². The molecule has 8 nitrogen and oxygen atoms in total. The highest BCUT2D eigenvalue weighted by molar-refractivity contribution is 5.71. The lowest BCUT2D eigenvalue weighted by atomic mass is 10.1. The van der Waals surface area contributed by atoms with Gasteiger partial charge in [-0.25, -0.2) is 9.97 Å². The molecule has 0 saturated heterocycles. The summed E-state index contributed by atoms with van der Waals surface area (Å²) in [6.07, 6.45) is 4.47. The molecule has 0 spiro atoms. The second-order valence-corrected chi connectivity index (χ2v) is 6.36. The number of hydrogen-bond donors (Lipinski definition) is 0. The number of hydrogen-bond acceptors (Lipinski definition) is 7. The Morgan fingerprint density at radius 1 is 1.36 bits per heavy atom. The first-order chi connectivity index (χ1) is 12.0. The molecule has 1 aliphatic rings. The molecule has 0 aliphatic carbocycles. The first-order valence-electron chi connectivity index (χ1n) is 8.42. The Kier molecular flexibility index (Phi) is 4.98. The highest BCUT2D eigenvalue weighted by atomic mass is 16.5. The third-order valence-electron chi connectivity index (χ3n) is 4.16. The number of anilines is 1. The molecule has 134 valence electrons. The van der Waals surface area contributed by atoms with Crippen LogP contribution in [0.5, 0.6) is 0 Å². The topological polar surface area (TPSA) is 76.4 Å². The Bertz CT molecular complexity index is 770. The molecule has 3 heterocycles. The van der Waals surface area contributed by atoms with Crippen molar-refractivity contribution in [1.29, 1.82) is 0 Å². The summed E-state index contributed by atoms with van der Waals surface area (Å²) in [6, 6.07) is 0. The quantitative estimate of drug-likeness (QED) is 0.745. The predicted octanol–water partition coefficient (Wildman–Crippen LogP) is 0.864. The van der Waals surface area contributed by atoms with Crippen molar-refractivity contribution in [3.63, 3.8) is 0 Å². The van der Waals surface area contributed by atoms with Crippen LogP contribution in [0.4, 0.5) is 5.82 Å². The monoisotopic (exact) mass is 344 g/mol. The second kappa shape index (κ2) is 7.18. The van der Waals surface area contributed by atoms with E-state index < -0.39 is 0 Å². The van der Waals surface area contributed by atoms with Gasteiger partial charge in [-0.15, -0.1) is 0 Å². The Balaban J connectivity index is 1.90. The average molecular weight is 344 g/mol. The van der Waals surface area contributed by atoms with Gasteiger partial charge in [0.1, 0.15) is 5.82 Å². The third-order valence-corrected chi connectivity index (χ3v) is 4.16. The zero-order valence-corrected chi connectivity index (χ0v) is 15.2. The summed E-state index contributed by atoms with van der Waals surface area (Å²) in [5.41, 5.74) is 3.02. The van der Waals surface area contributed by atoms with E-state index in [9.17, 15) is 4.79 Å². The van der Waals surface area contributed by atoms with Crippen LogP contribution in [-0.4, -0.2) is 64.4 Å². The number of aryl methyl sites for hydroxylation is 1. The van der Waals surface area contributed by atoms with Crippen molar-refractivity contribution < 1.29 is 9.53 Å². The minimum absolute atomic E-state index is 0.190. The van der Waals surface area contributed by atoms with Gasteiger partial charge >= 0.3 is 5.97 Å². The molecule has 0 fully saturated rings. The Labute approximate surface area is 147 Å². The number of rotatable bonds is 5. The zero-order chi connectivity index (χ0) is 18.0. The van der Waals surface area contributed by atoms with Gasteiger partial charge in [0, 0.05) is 52.4 Å². The molecule has 0 atom stereocenters. The molecule has 2 aromatic rings. The van der Waals surface area contributed by atoms with Crippen LogP contribution in [-0.2, 0) is 29.5 Å². The first kappa shape index (κ1) is 17.3. The third kappa shape index (κ3) is 3.79. The molecular formula is C17H24N6O2. The lowest BCUT2D eigenvalue weighted by Crippen LogP contribution is -2.37. The molecule has 1 aliphatic heterocycles. The van der Waals surface area contributed by atoms with Crippen molar-refractivity contribution in [3.8, 4) is 11.4 Å². The Morgan fingerprint density at radius 2 is 2.16 bits per heavy atom. The maximum Gasteiger partial charge on any atom is 0.320 e. The first-order valence-corrected chi connectivity index (χ1v) is 8.42. The standard InChI is InChI=1S/C17H24N6O2/c1-5-25-15(24)11-23-7-6-14-13(10-23)17(21(2)3)20-16(19-14)12-8-18-22(4)9-12/h8-9H,5-7,10-11H2,1-4H3. The fraction of sp³-hybridized carbons (Fsp3) is 0.529. The number of fused-ring (bicyclic) bond motifs is 1. The second-order valence-electron chi connectivity index (χ2n) is 6.36. The van der Waals surface area contributed by atoms with Gasteiger partial charge in [-0.1, -0.05) is 0 Å². The van der Waals surface area contributed by atoms with Gasteiger partial charge < -0.3 is 9.64 Å². The van der Waals surface area contributed by atoms with Crippen molar-refractivity contribution in [1.82, 2.24) is 24.6 Å². The average Bonchev–Trinajstić information content (AvgIpc) is 3.00. The summed E-state index contributed by atoms with van der Waals surface area (Å²) in [5, 5.41) is 4.21. The van der Waals surface area contributed by atoms with E-state index in [1.807, 2.05) is 39.2 Å². The van der Waals surface area contributed by atoms with Crippen molar-refractivity contribution in [2.24, 2.45) is 7.05 Å². The smallest absolute Gasteiger partial charge is 0.320 e. The summed E-state index contributed by atoms with van der Waals surface area (Å²) < 4.78 is 6.80. The molecule has 0 amide bonds. The minimum atomic E-state index is -0.190. The van der Waals surface area contributed by atoms with Crippen LogP contribution in [0.25, 0.3) is 11.4 Å². The SMILES string of the molecule is CCOC(=O)CN1CCc2nc(-c3cnn(C)c3)nc(N(C)C)c2C1. The van der Waals surface area contributed by atoms with Gasteiger partial charge in [0.2, 0.25) is 0 Å². The Morgan fingerprint density at radius 3 is 2.80 bits per heavy atom. The van der Waals surface area contributed by atoms with Gasteiger partial charge in [0.15, 0.2) is 5.82 Å². The fourth-order valence-corrected chi connectivity index (χ4v) is 3.01. The van der Waals surface area contributed by atoms with E-state index in [2.05, 4.69) is 10.00 Å². The fourth-order valence-electron chi connectivity index (χ4n) is 3.01. The number of carbonyl (C=O) groups excluding carboxylic acids is 1. The molecule has 2 aromatic heterocycles.